The Balaban J connectivity index is 2.07. The third-order valence-corrected chi connectivity index (χ3v) is 3.52. The summed E-state index contributed by atoms with van der Waals surface area (Å²) >= 11 is 5.48. The minimum Gasteiger partial charge on any atom is -0.387 e. The van der Waals surface area contributed by atoms with Crippen LogP contribution in [-0.4, -0.2) is 58.7 Å². The van der Waals surface area contributed by atoms with Crippen molar-refractivity contribution >= 4 is 28.7 Å². The maximum Gasteiger partial charge on any atom is 0.280 e. The first-order chi connectivity index (χ1) is 9.90. The number of nitrogens with zero attached hydrogens (tertiary/aromatic N) is 3. The van der Waals surface area contributed by atoms with Crippen molar-refractivity contribution in [2.75, 3.05) is 5.73 Å². The summed E-state index contributed by atoms with van der Waals surface area (Å²) in [6, 6.07) is 0. The quantitative estimate of drug-likeness (QED) is 0.393. The third kappa shape index (κ3) is 2.17. The van der Waals surface area contributed by atoms with E-state index < -0.39 is 35.7 Å². The Kier molecular flexibility index (Phi) is 3.34. The van der Waals surface area contributed by atoms with E-state index in [1.807, 2.05) is 0 Å². The smallest absolute Gasteiger partial charge is 0.280 e. The lowest BCUT2D eigenvalue weighted by atomic mass is 10.1. The van der Waals surface area contributed by atoms with Gasteiger partial charge >= 0.3 is 0 Å². The molecule has 0 aliphatic carbocycles. The Morgan fingerprint density at radius 3 is 2.81 bits per heavy atom. The molecule has 21 heavy (non-hydrogen) atoms. The molecular formula is C10H12ClN5O5. The highest BCUT2D eigenvalue weighted by Gasteiger charge is 2.47. The number of aliphatic hydroxyl groups is 3. The third-order valence-electron chi connectivity index (χ3n) is 3.27. The molecule has 2 aromatic rings. The van der Waals surface area contributed by atoms with E-state index in [2.05, 4.69) is 15.0 Å². The Hall–Kier alpha value is -1.72. The van der Waals surface area contributed by atoms with Gasteiger partial charge in [0.1, 0.15) is 18.3 Å². The number of H-pyrrole nitrogens is 1. The van der Waals surface area contributed by atoms with Gasteiger partial charge in [-0.3, -0.25) is 14.3 Å². The molecule has 1 aliphatic heterocycles. The molecule has 1 unspecified atom stereocenters. The molecule has 3 rings (SSSR count). The maximum absolute atomic E-state index is 11.7. The fraction of sp³-hybridized carbons (Fsp3) is 0.500. The van der Waals surface area contributed by atoms with Gasteiger partial charge in [0.25, 0.3) is 5.56 Å². The number of aromatic amines is 1. The molecule has 5 atom stereocenters. The minimum absolute atomic E-state index is 0.00404. The molecule has 2 aromatic heterocycles. The van der Waals surface area contributed by atoms with Crippen molar-refractivity contribution in [2.24, 2.45) is 0 Å². The Labute approximate surface area is 121 Å². The van der Waals surface area contributed by atoms with Crippen LogP contribution < -0.4 is 11.3 Å². The molecule has 0 bridgehead atoms. The maximum atomic E-state index is 11.7. The second-order valence-electron chi connectivity index (χ2n) is 4.62. The molecule has 6 N–H and O–H groups in total. The van der Waals surface area contributed by atoms with Gasteiger partial charge in [0.05, 0.1) is 6.33 Å². The van der Waals surface area contributed by atoms with Crippen LogP contribution in [0.1, 0.15) is 6.23 Å². The fourth-order valence-electron chi connectivity index (χ4n) is 2.27. The van der Waals surface area contributed by atoms with E-state index in [4.69, 9.17) is 22.1 Å². The predicted octanol–water partition coefficient (Wildman–Crippen LogP) is -2.12. The summed E-state index contributed by atoms with van der Waals surface area (Å²) < 4.78 is 6.57. The van der Waals surface area contributed by atoms with Gasteiger partial charge < -0.3 is 25.8 Å². The summed E-state index contributed by atoms with van der Waals surface area (Å²) in [4.78, 5) is 21.8. The number of nitrogen functional groups attached to an aromatic ring is 1. The van der Waals surface area contributed by atoms with E-state index in [9.17, 15) is 20.1 Å². The van der Waals surface area contributed by atoms with Crippen LogP contribution in [0.3, 0.4) is 0 Å². The topological polar surface area (TPSA) is 160 Å². The summed E-state index contributed by atoms with van der Waals surface area (Å²) in [7, 11) is 0. The van der Waals surface area contributed by atoms with Crippen molar-refractivity contribution in [1.29, 1.82) is 0 Å². The van der Waals surface area contributed by atoms with Crippen LogP contribution in [0.5, 0.6) is 0 Å². The van der Waals surface area contributed by atoms with Crippen molar-refractivity contribution in [3.8, 4) is 0 Å². The number of hydrogen-bond acceptors (Lipinski definition) is 8. The Morgan fingerprint density at radius 2 is 2.19 bits per heavy atom. The molecule has 0 amide bonds. The number of halogens is 1. The van der Waals surface area contributed by atoms with E-state index in [1.54, 1.807) is 0 Å². The van der Waals surface area contributed by atoms with Gasteiger partial charge in [-0.15, -0.1) is 0 Å². The number of aromatic nitrogens is 4. The molecule has 0 radical (unpaired) electrons. The minimum atomic E-state index is -1.50. The lowest BCUT2D eigenvalue weighted by Gasteiger charge is -2.16. The van der Waals surface area contributed by atoms with Crippen LogP contribution in [0.25, 0.3) is 11.2 Å². The predicted molar refractivity (Wildman–Crippen MR) is 70.3 cm³/mol. The summed E-state index contributed by atoms with van der Waals surface area (Å²) in [5.41, 5.74) is 3.50. The van der Waals surface area contributed by atoms with Gasteiger partial charge in [0.15, 0.2) is 23.0 Å². The highest BCUT2D eigenvalue weighted by atomic mass is 35.5. The van der Waals surface area contributed by atoms with Crippen molar-refractivity contribution < 1.29 is 20.1 Å². The number of anilines is 1. The van der Waals surface area contributed by atoms with Crippen LogP contribution in [0.15, 0.2) is 11.1 Å². The number of hydrogen-bond donors (Lipinski definition) is 5. The molecule has 1 aliphatic rings. The second kappa shape index (κ2) is 4.93. The van der Waals surface area contributed by atoms with Crippen LogP contribution >= 0.6 is 11.6 Å². The van der Waals surface area contributed by atoms with Crippen LogP contribution in [0.2, 0.25) is 0 Å². The average Bonchev–Trinajstić information content (AvgIpc) is 2.93. The number of rotatable bonds is 2. The zero-order valence-electron chi connectivity index (χ0n) is 10.4. The summed E-state index contributed by atoms with van der Waals surface area (Å²) in [5, 5.41) is 29.1. The normalized spacial score (nSPS) is 30.9. The van der Waals surface area contributed by atoms with Crippen LogP contribution in [0, 0.1) is 0 Å². The summed E-state index contributed by atoms with van der Waals surface area (Å²) in [6.45, 7) is 0. The summed E-state index contributed by atoms with van der Waals surface area (Å²) in [5.74, 6) is -0.129. The fourth-order valence-corrected chi connectivity index (χ4v) is 2.48. The second-order valence-corrected chi connectivity index (χ2v) is 5.07. The monoisotopic (exact) mass is 317 g/mol. The lowest BCUT2D eigenvalue weighted by molar-refractivity contribution is -0.0613. The molecule has 0 saturated carbocycles. The van der Waals surface area contributed by atoms with Gasteiger partial charge in [-0.2, -0.15) is 4.98 Å². The van der Waals surface area contributed by atoms with Crippen LogP contribution in [-0.2, 0) is 4.74 Å². The van der Waals surface area contributed by atoms with E-state index in [0.29, 0.717) is 0 Å². The summed E-state index contributed by atoms with van der Waals surface area (Å²) in [6.07, 6.45) is -3.88. The standard InChI is InChI=1S/C10H12ClN5O5/c11-6(19)5-3(17)4(18)9(21-5)16-1-13-2-7(16)14-10(12)15-8(2)20/h1,3-6,9,17-19H,(H3,12,14,15,20)/t3-,4+,5-,6?,9+/m0/s1. The molecular weight excluding hydrogens is 306 g/mol. The van der Waals surface area contributed by atoms with E-state index in [1.165, 1.54) is 10.9 Å². The molecule has 10 nitrogen and oxygen atoms in total. The first kappa shape index (κ1) is 14.2. The molecule has 1 fully saturated rings. The Morgan fingerprint density at radius 1 is 1.48 bits per heavy atom. The largest absolute Gasteiger partial charge is 0.387 e. The van der Waals surface area contributed by atoms with Gasteiger partial charge in [-0.1, -0.05) is 11.6 Å². The van der Waals surface area contributed by atoms with Crippen LogP contribution in [0.4, 0.5) is 5.95 Å². The number of nitrogens with one attached hydrogen (secondary N) is 1. The zero-order chi connectivity index (χ0) is 15.3. The molecule has 0 aromatic carbocycles. The highest BCUT2D eigenvalue weighted by molar-refractivity contribution is 6.19. The number of alkyl halides is 1. The molecule has 1 saturated heterocycles. The zero-order valence-corrected chi connectivity index (χ0v) is 11.2. The number of nitrogens with two attached hydrogens (primary N) is 1. The van der Waals surface area contributed by atoms with E-state index >= 15 is 0 Å². The first-order valence-electron chi connectivity index (χ1n) is 5.96. The van der Waals surface area contributed by atoms with Gasteiger partial charge in [-0.25, -0.2) is 4.98 Å². The highest BCUT2D eigenvalue weighted by Crippen LogP contribution is 2.33. The molecule has 114 valence electrons. The number of ether oxygens (including phenoxy) is 1. The number of fused-ring (bicyclic) bond motifs is 1. The number of aliphatic hydroxyl groups excluding tert-OH is 3. The van der Waals surface area contributed by atoms with Gasteiger partial charge in [0.2, 0.25) is 5.95 Å². The molecule has 11 heteroatoms. The lowest BCUT2D eigenvalue weighted by Crippen LogP contribution is -2.36. The molecule has 3 heterocycles. The van der Waals surface area contributed by atoms with Crippen molar-refractivity contribution in [3.05, 3.63) is 16.7 Å². The SMILES string of the molecule is Nc1nc2c(ncn2[C@@H]2O[C@H](C(O)Cl)[C@@H](O)[C@H]2O)c(=O)[nH]1. The van der Waals surface area contributed by atoms with Gasteiger partial charge in [0, 0.05) is 0 Å². The van der Waals surface area contributed by atoms with E-state index in [0.717, 1.165) is 0 Å². The Bertz CT molecular complexity index is 730. The molecule has 0 spiro atoms. The van der Waals surface area contributed by atoms with Crippen molar-refractivity contribution in [2.45, 2.75) is 30.1 Å². The van der Waals surface area contributed by atoms with Crippen molar-refractivity contribution in [3.63, 3.8) is 0 Å². The van der Waals surface area contributed by atoms with E-state index in [-0.39, 0.29) is 17.1 Å². The van der Waals surface area contributed by atoms with Crippen molar-refractivity contribution in [1.82, 2.24) is 19.5 Å². The average molecular weight is 318 g/mol. The first-order valence-corrected chi connectivity index (χ1v) is 6.40. The van der Waals surface area contributed by atoms with Gasteiger partial charge in [-0.05, 0) is 0 Å². The number of imidazole rings is 1.